The molecule has 0 radical (unpaired) electrons. The van der Waals surface area contributed by atoms with Gasteiger partial charge >= 0.3 is 0 Å². The molecule has 132 valence electrons. The number of ether oxygens (including phenoxy) is 2. The van der Waals surface area contributed by atoms with Gasteiger partial charge in [0.1, 0.15) is 18.0 Å². The minimum Gasteiger partial charge on any atom is -0.495 e. The highest BCUT2D eigenvalue weighted by atomic mass is 16.5. The van der Waals surface area contributed by atoms with Gasteiger partial charge in [-0.05, 0) is 36.8 Å². The zero-order valence-electron chi connectivity index (χ0n) is 14.8. The molecule has 0 aliphatic rings. The number of amides is 2. The number of para-hydroxylation sites is 2. The van der Waals surface area contributed by atoms with Gasteiger partial charge in [-0.15, -0.1) is 0 Å². The molecule has 25 heavy (non-hydrogen) atoms. The van der Waals surface area contributed by atoms with Crippen molar-refractivity contribution in [2.24, 2.45) is 0 Å². The Morgan fingerprint density at radius 3 is 2.36 bits per heavy atom. The van der Waals surface area contributed by atoms with Crippen molar-refractivity contribution in [3.05, 3.63) is 48.0 Å². The maximum Gasteiger partial charge on any atom is 0.244 e. The van der Waals surface area contributed by atoms with Crippen LogP contribution in [0.1, 0.15) is 12.5 Å². The Bertz CT molecular complexity index is 774. The van der Waals surface area contributed by atoms with Gasteiger partial charge in [0.05, 0.1) is 25.6 Å². The summed E-state index contributed by atoms with van der Waals surface area (Å²) < 4.78 is 10.5. The van der Waals surface area contributed by atoms with Crippen molar-refractivity contribution in [3.8, 4) is 11.5 Å². The van der Waals surface area contributed by atoms with Gasteiger partial charge in [-0.2, -0.15) is 0 Å². The van der Waals surface area contributed by atoms with Crippen LogP contribution in [0.15, 0.2) is 42.5 Å². The first kappa shape index (κ1) is 18.3. The van der Waals surface area contributed by atoms with E-state index in [0.717, 1.165) is 5.56 Å². The number of rotatable bonds is 6. The predicted molar refractivity (Wildman–Crippen MR) is 97.4 cm³/mol. The Kier molecular flexibility index (Phi) is 6.00. The zero-order valence-corrected chi connectivity index (χ0v) is 14.8. The van der Waals surface area contributed by atoms with Gasteiger partial charge in [-0.3, -0.25) is 14.5 Å². The highest BCUT2D eigenvalue weighted by Gasteiger charge is 2.20. The molecule has 0 saturated heterocycles. The van der Waals surface area contributed by atoms with E-state index >= 15 is 0 Å². The van der Waals surface area contributed by atoms with E-state index in [9.17, 15) is 9.59 Å². The number of benzene rings is 2. The van der Waals surface area contributed by atoms with Crippen molar-refractivity contribution < 1.29 is 19.1 Å². The first-order chi connectivity index (χ1) is 12.0. The van der Waals surface area contributed by atoms with Crippen LogP contribution in [-0.2, 0) is 9.59 Å². The first-order valence-corrected chi connectivity index (χ1v) is 7.82. The Morgan fingerprint density at radius 2 is 1.72 bits per heavy atom. The van der Waals surface area contributed by atoms with E-state index < -0.39 is 0 Å². The third-order valence-corrected chi connectivity index (χ3v) is 3.69. The van der Waals surface area contributed by atoms with Crippen LogP contribution >= 0.6 is 0 Å². The van der Waals surface area contributed by atoms with Crippen LogP contribution in [0.4, 0.5) is 11.4 Å². The van der Waals surface area contributed by atoms with Gasteiger partial charge in [-0.1, -0.05) is 18.2 Å². The SMILES string of the molecule is COc1ccc(C)cc1NC(=O)CN(C(C)=O)c1ccccc1OC. The van der Waals surface area contributed by atoms with Crippen molar-refractivity contribution in [1.82, 2.24) is 0 Å². The minimum absolute atomic E-state index is 0.132. The molecule has 0 aliphatic heterocycles. The van der Waals surface area contributed by atoms with E-state index in [1.807, 2.05) is 19.1 Å². The summed E-state index contributed by atoms with van der Waals surface area (Å²) in [7, 11) is 3.06. The fourth-order valence-corrected chi connectivity index (χ4v) is 2.47. The molecule has 6 heteroatoms. The quantitative estimate of drug-likeness (QED) is 0.876. The zero-order chi connectivity index (χ0) is 18.4. The highest BCUT2D eigenvalue weighted by Crippen LogP contribution is 2.28. The standard InChI is InChI=1S/C19H22N2O4/c1-13-9-10-17(24-3)15(11-13)20-19(23)12-21(14(2)22)16-7-5-6-8-18(16)25-4/h5-11H,12H2,1-4H3,(H,20,23). The Morgan fingerprint density at radius 1 is 1.04 bits per heavy atom. The highest BCUT2D eigenvalue weighted by molar-refractivity contribution is 6.03. The number of nitrogens with zero attached hydrogens (tertiary/aromatic N) is 1. The summed E-state index contributed by atoms with van der Waals surface area (Å²) in [6.45, 7) is 3.20. The van der Waals surface area contributed by atoms with Crippen LogP contribution in [0.25, 0.3) is 0 Å². The molecule has 0 aliphatic carbocycles. The average Bonchev–Trinajstić information content (AvgIpc) is 2.59. The summed E-state index contributed by atoms with van der Waals surface area (Å²) in [4.78, 5) is 25.9. The number of anilines is 2. The maximum atomic E-state index is 12.5. The molecule has 6 nitrogen and oxygen atoms in total. The summed E-state index contributed by atoms with van der Waals surface area (Å²) in [5, 5.41) is 2.80. The molecule has 0 atom stereocenters. The molecule has 0 fully saturated rings. The van der Waals surface area contributed by atoms with E-state index in [-0.39, 0.29) is 18.4 Å². The van der Waals surface area contributed by atoms with Crippen molar-refractivity contribution in [2.75, 3.05) is 31.0 Å². The Balaban J connectivity index is 2.22. The van der Waals surface area contributed by atoms with Crippen molar-refractivity contribution >= 4 is 23.2 Å². The average molecular weight is 342 g/mol. The van der Waals surface area contributed by atoms with Crippen molar-refractivity contribution in [1.29, 1.82) is 0 Å². The lowest BCUT2D eigenvalue weighted by Crippen LogP contribution is -2.37. The third kappa shape index (κ3) is 4.50. The van der Waals surface area contributed by atoms with E-state index in [1.54, 1.807) is 30.3 Å². The van der Waals surface area contributed by atoms with Crippen LogP contribution in [-0.4, -0.2) is 32.6 Å². The predicted octanol–water partition coefficient (Wildman–Crippen LogP) is 3.00. The largest absolute Gasteiger partial charge is 0.495 e. The molecule has 2 aromatic rings. The Hall–Kier alpha value is -3.02. The molecule has 2 rings (SSSR count). The Labute approximate surface area is 147 Å². The van der Waals surface area contributed by atoms with Crippen LogP contribution in [0.2, 0.25) is 0 Å². The number of carbonyl (C=O) groups excluding carboxylic acids is 2. The summed E-state index contributed by atoms with van der Waals surface area (Å²) in [5.41, 5.74) is 2.10. The number of hydrogen-bond donors (Lipinski definition) is 1. The molecule has 0 aromatic heterocycles. The fraction of sp³-hybridized carbons (Fsp3) is 0.263. The molecule has 0 spiro atoms. The van der Waals surface area contributed by atoms with Gasteiger partial charge in [0, 0.05) is 6.92 Å². The second-order valence-electron chi connectivity index (χ2n) is 5.53. The second-order valence-corrected chi connectivity index (χ2v) is 5.53. The minimum atomic E-state index is -0.329. The normalized spacial score (nSPS) is 10.1. The summed E-state index contributed by atoms with van der Waals surface area (Å²) in [6.07, 6.45) is 0. The fourth-order valence-electron chi connectivity index (χ4n) is 2.47. The molecule has 1 N–H and O–H groups in total. The van der Waals surface area contributed by atoms with E-state index in [4.69, 9.17) is 9.47 Å². The van der Waals surface area contributed by atoms with E-state index in [2.05, 4.69) is 5.32 Å². The first-order valence-electron chi connectivity index (χ1n) is 7.82. The summed E-state index contributed by atoms with van der Waals surface area (Å²) in [5.74, 6) is 0.505. The molecular weight excluding hydrogens is 320 g/mol. The number of aryl methyl sites for hydroxylation is 1. The molecule has 0 unspecified atom stereocenters. The van der Waals surface area contributed by atoms with Crippen LogP contribution in [0.3, 0.4) is 0 Å². The number of carbonyl (C=O) groups is 2. The lowest BCUT2D eigenvalue weighted by molar-refractivity contribution is -0.120. The summed E-state index contributed by atoms with van der Waals surface area (Å²) in [6, 6.07) is 12.6. The molecule has 0 saturated carbocycles. The van der Waals surface area contributed by atoms with Crippen LogP contribution in [0.5, 0.6) is 11.5 Å². The molecule has 0 heterocycles. The molecule has 2 aromatic carbocycles. The second kappa shape index (κ2) is 8.19. The van der Waals surface area contributed by atoms with Crippen molar-refractivity contribution in [3.63, 3.8) is 0 Å². The maximum absolute atomic E-state index is 12.5. The lowest BCUT2D eigenvalue weighted by Gasteiger charge is -2.23. The topological polar surface area (TPSA) is 67.9 Å². The van der Waals surface area contributed by atoms with Crippen molar-refractivity contribution in [2.45, 2.75) is 13.8 Å². The van der Waals surface area contributed by atoms with E-state index in [0.29, 0.717) is 22.9 Å². The third-order valence-electron chi connectivity index (χ3n) is 3.69. The van der Waals surface area contributed by atoms with E-state index in [1.165, 1.54) is 26.0 Å². The number of nitrogens with one attached hydrogen (secondary N) is 1. The van der Waals surface area contributed by atoms with Gasteiger partial charge < -0.3 is 14.8 Å². The summed E-state index contributed by atoms with van der Waals surface area (Å²) >= 11 is 0. The number of hydrogen-bond acceptors (Lipinski definition) is 4. The number of methoxy groups -OCH3 is 2. The molecule has 0 bridgehead atoms. The van der Waals surface area contributed by atoms with Gasteiger partial charge in [-0.25, -0.2) is 0 Å². The van der Waals surface area contributed by atoms with Crippen LogP contribution in [0, 0.1) is 6.92 Å². The van der Waals surface area contributed by atoms with Gasteiger partial charge in [0.2, 0.25) is 11.8 Å². The van der Waals surface area contributed by atoms with Gasteiger partial charge in [0.25, 0.3) is 0 Å². The van der Waals surface area contributed by atoms with Gasteiger partial charge in [0.15, 0.2) is 0 Å². The lowest BCUT2D eigenvalue weighted by atomic mass is 10.2. The van der Waals surface area contributed by atoms with Crippen LogP contribution < -0.4 is 19.7 Å². The monoisotopic (exact) mass is 342 g/mol. The molecule has 2 amide bonds. The molecular formula is C19H22N2O4. The smallest absolute Gasteiger partial charge is 0.244 e.